The van der Waals surface area contributed by atoms with Crippen molar-refractivity contribution in [1.29, 1.82) is 0 Å². The van der Waals surface area contributed by atoms with E-state index in [1.54, 1.807) is 0 Å². The molecule has 130 valence electrons. The molecule has 3 heterocycles. The second-order valence-corrected chi connectivity index (χ2v) is 7.10. The molecule has 0 saturated carbocycles. The second-order valence-electron chi connectivity index (χ2n) is 7.10. The molecule has 4 nitrogen and oxygen atoms in total. The monoisotopic (exact) mass is 343 g/mol. The van der Waals surface area contributed by atoms with Crippen molar-refractivity contribution >= 4 is 39.1 Å². The third-order valence-corrected chi connectivity index (χ3v) is 5.25. The predicted octanol–water partition coefficient (Wildman–Crippen LogP) is 5.69. The average Bonchev–Trinajstić information content (AvgIpc) is 3.16. The van der Waals surface area contributed by atoms with Crippen LogP contribution in [0, 0.1) is 0 Å². The zero-order valence-electron chi connectivity index (χ0n) is 15.2. The van der Waals surface area contributed by atoms with Crippen LogP contribution in [-0.4, -0.2) is 17.2 Å². The molecule has 1 aliphatic rings. The lowest BCUT2D eigenvalue weighted by molar-refractivity contribution is 0.599. The van der Waals surface area contributed by atoms with Gasteiger partial charge < -0.3 is 14.2 Å². The summed E-state index contributed by atoms with van der Waals surface area (Å²) in [6, 6.07) is 19.1. The Hall–Kier alpha value is -3.01. The number of rotatable bonds is 2. The zero-order valence-corrected chi connectivity index (χ0v) is 15.2. The Morgan fingerprint density at radius 2 is 1.69 bits per heavy atom. The summed E-state index contributed by atoms with van der Waals surface area (Å²) in [7, 11) is 0. The summed E-state index contributed by atoms with van der Waals surface area (Å²) in [6.07, 6.45) is 2.03. The molecule has 0 saturated heterocycles. The molecule has 1 atom stereocenters. The number of fused-ring (bicyclic) bond motifs is 4. The molecule has 0 fully saturated rings. The molecule has 1 unspecified atom stereocenters. The number of para-hydroxylation sites is 2. The Morgan fingerprint density at radius 1 is 0.923 bits per heavy atom. The number of hydrogen-bond donors (Lipinski definition) is 0. The molecule has 5 rings (SSSR count). The van der Waals surface area contributed by atoms with Gasteiger partial charge in [-0.25, -0.2) is 4.98 Å². The third-order valence-electron chi connectivity index (χ3n) is 5.25. The fraction of sp³-hybridized carbons (Fsp3) is 0.227. The van der Waals surface area contributed by atoms with Crippen LogP contribution in [-0.2, 0) is 0 Å². The maximum atomic E-state index is 6.27. The van der Waals surface area contributed by atoms with Crippen LogP contribution < -0.4 is 9.80 Å². The van der Waals surface area contributed by atoms with Crippen LogP contribution in [0.3, 0.4) is 0 Å². The van der Waals surface area contributed by atoms with Crippen LogP contribution >= 0.6 is 0 Å². The molecule has 2 aromatic heterocycles. The predicted molar refractivity (Wildman–Crippen MR) is 107 cm³/mol. The van der Waals surface area contributed by atoms with Crippen LogP contribution in [0.2, 0.25) is 0 Å². The van der Waals surface area contributed by atoms with Gasteiger partial charge in [0.1, 0.15) is 11.7 Å². The molecular formula is C22H21N3O. The zero-order chi connectivity index (χ0) is 17.8. The van der Waals surface area contributed by atoms with Gasteiger partial charge in [0, 0.05) is 23.0 Å². The van der Waals surface area contributed by atoms with E-state index in [9.17, 15) is 0 Å². The quantitative estimate of drug-likeness (QED) is 0.468. The Bertz CT molecular complexity index is 1110. The van der Waals surface area contributed by atoms with Crippen molar-refractivity contribution in [3.8, 4) is 0 Å². The van der Waals surface area contributed by atoms with Crippen molar-refractivity contribution in [2.24, 2.45) is 0 Å². The van der Waals surface area contributed by atoms with E-state index in [0.717, 1.165) is 39.1 Å². The van der Waals surface area contributed by atoms with Crippen LogP contribution in [0.4, 0.5) is 17.2 Å². The van der Waals surface area contributed by atoms with Crippen LogP contribution in [0.15, 0.2) is 65.2 Å². The maximum Gasteiger partial charge on any atom is 0.159 e. The molecular weight excluding hydrogens is 322 g/mol. The Labute approximate surface area is 152 Å². The summed E-state index contributed by atoms with van der Waals surface area (Å²) >= 11 is 0. The summed E-state index contributed by atoms with van der Waals surface area (Å²) in [4.78, 5) is 9.36. The second kappa shape index (κ2) is 5.49. The Balaban J connectivity index is 1.78. The highest BCUT2D eigenvalue weighted by Crippen LogP contribution is 2.46. The fourth-order valence-corrected chi connectivity index (χ4v) is 4.21. The van der Waals surface area contributed by atoms with Gasteiger partial charge in [0.05, 0.1) is 11.4 Å². The summed E-state index contributed by atoms with van der Waals surface area (Å²) in [5, 5.41) is 2.31. The lowest BCUT2D eigenvalue weighted by Gasteiger charge is -2.32. The molecule has 1 aliphatic heterocycles. The van der Waals surface area contributed by atoms with Gasteiger partial charge in [-0.1, -0.05) is 30.3 Å². The van der Waals surface area contributed by atoms with Gasteiger partial charge in [0.25, 0.3) is 0 Å². The van der Waals surface area contributed by atoms with E-state index < -0.39 is 0 Å². The smallest absolute Gasteiger partial charge is 0.159 e. The summed E-state index contributed by atoms with van der Waals surface area (Å²) in [5.74, 6) is 1.03. The number of furan rings is 1. The van der Waals surface area contributed by atoms with Crippen molar-refractivity contribution in [3.05, 3.63) is 60.8 Å². The summed E-state index contributed by atoms with van der Waals surface area (Å²) in [6.45, 7) is 6.64. The molecule has 4 heteroatoms. The first kappa shape index (κ1) is 15.3. The SMILES string of the molecule is CC(C)N1c2ncccc2N(c2cccc3c2oc2ccccc23)C1C. The number of benzene rings is 2. The first-order chi connectivity index (χ1) is 12.7. The van der Waals surface area contributed by atoms with Crippen molar-refractivity contribution < 1.29 is 4.42 Å². The molecule has 0 aliphatic carbocycles. The van der Waals surface area contributed by atoms with E-state index >= 15 is 0 Å². The number of anilines is 3. The van der Waals surface area contributed by atoms with Crippen molar-refractivity contribution in [2.75, 3.05) is 9.80 Å². The number of hydrogen-bond acceptors (Lipinski definition) is 4. The highest BCUT2D eigenvalue weighted by atomic mass is 16.3. The lowest BCUT2D eigenvalue weighted by atomic mass is 10.1. The summed E-state index contributed by atoms with van der Waals surface area (Å²) in [5.41, 5.74) is 4.07. The van der Waals surface area contributed by atoms with E-state index in [2.05, 4.69) is 72.0 Å². The number of pyridine rings is 1. The first-order valence-electron chi connectivity index (χ1n) is 9.09. The molecule has 26 heavy (non-hydrogen) atoms. The van der Waals surface area contributed by atoms with Crippen molar-refractivity contribution in [3.63, 3.8) is 0 Å². The van der Waals surface area contributed by atoms with Crippen molar-refractivity contribution in [2.45, 2.75) is 33.0 Å². The molecule has 0 N–H and O–H groups in total. The van der Waals surface area contributed by atoms with E-state index in [1.165, 1.54) is 0 Å². The highest BCUT2D eigenvalue weighted by Gasteiger charge is 2.37. The van der Waals surface area contributed by atoms with Crippen LogP contribution in [0.25, 0.3) is 21.9 Å². The minimum absolute atomic E-state index is 0.165. The largest absolute Gasteiger partial charge is 0.454 e. The molecule has 4 aromatic rings. The lowest BCUT2D eigenvalue weighted by Crippen LogP contribution is -2.42. The van der Waals surface area contributed by atoms with Crippen LogP contribution in [0.1, 0.15) is 20.8 Å². The van der Waals surface area contributed by atoms with Gasteiger partial charge in [-0.3, -0.25) is 0 Å². The number of nitrogens with zero attached hydrogens (tertiary/aromatic N) is 3. The average molecular weight is 343 g/mol. The number of aromatic nitrogens is 1. The Kier molecular flexibility index (Phi) is 3.23. The van der Waals surface area contributed by atoms with Gasteiger partial charge in [-0.05, 0) is 45.0 Å². The molecule has 0 bridgehead atoms. The van der Waals surface area contributed by atoms with Crippen molar-refractivity contribution in [1.82, 2.24) is 4.98 Å². The fourth-order valence-electron chi connectivity index (χ4n) is 4.21. The van der Waals surface area contributed by atoms with E-state index in [4.69, 9.17) is 4.42 Å². The van der Waals surface area contributed by atoms with Gasteiger partial charge >= 0.3 is 0 Å². The normalized spacial score (nSPS) is 16.8. The standard InChI is InChI=1S/C22H21N3O/c1-14(2)24-15(3)25(19-11-7-13-23-22(19)24)18-10-6-9-17-16-8-4-5-12-20(16)26-21(17)18/h4-15H,1-3H3. The summed E-state index contributed by atoms with van der Waals surface area (Å²) < 4.78 is 6.27. The van der Waals surface area contributed by atoms with Gasteiger partial charge in [-0.15, -0.1) is 0 Å². The van der Waals surface area contributed by atoms with E-state index in [0.29, 0.717) is 6.04 Å². The minimum atomic E-state index is 0.165. The topological polar surface area (TPSA) is 32.5 Å². The van der Waals surface area contributed by atoms with E-state index in [1.807, 2.05) is 24.4 Å². The van der Waals surface area contributed by atoms with E-state index in [-0.39, 0.29) is 6.17 Å². The van der Waals surface area contributed by atoms with Crippen LogP contribution in [0.5, 0.6) is 0 Å². The van der Waals surface area contributed by atoms with Gasteiger partial charge in [0.2, 0.25) is 0 Å². The minimum Gasteiger partial charge on any atom is -0.454 e. The molecule has 0 radical (unpaired) electrons. The highest BCUT2D eigenvalue weighted by molar-refractivity contribution is 6.10. The van der Waals surface area contributed by atoms with Gasteiger partial charge in [0.15, 0.2) is 11.4 Å². The first-order valence-corrected chi connectivity index (χ1v) is 9.09. The van der Waals surface area contributed by atoms with Gasteiger partial charge in [-0.2, -0.15) is 0 Å². The molecule has 2 aromatic carbocycles. The molecule has 0 amide bonds. The third kappa shape index (κ3) is 1.99. The maximum absolute atomic E-state index is 6.27. The Morgan fingerprint density at radius 3 is 2.54 bits per heavy atom. The molecule has 0 spiro atoms.